The van der Waals surface area contributed by atoms with Crippen LogP contribution in [0.4, 0.5) is 0 Å². The van der Waals surface area contributed by atoms with E-state index < -0.39 is 0 Å². The molecule has 0 unspecified atom stereocenters. The van der Waals surface area contributed by atoms with Gasteiger partial charge >= 0.3 is 0 Å². The van der Waals surface area contributed by atoms with Gasteiger partial charge in [-0.1, -0.05) is 0 Å². The van der Waals surface area contributed by atoms with E-state index in [2.05, 4.69) is 0 Å². The number of rotatable bonds is 0. The third-order valence-electron chi connectivity index (χ3n) is 0.901. The minimum Gasteiger partial charge on any atom is -0.358 e. The maximum atomic E-state index is 2.00. The Bertz CT molecular complexity index is 139. The Kier molecular flexibility index (Phi) is 2.25. The number of aromatic nitrogens is 2. The molecular weight excluding hydrogens is 100 g/mol. The van der Waals surface area contributed by atoms with Crippen LogP contribution in [0.3, 0.4) is 0 Å². The average molecular weight is 112 g/mol. The number of aryl methyl sites for hydroxylation is 2. The first kappa shape index (κ1) is 7.21. The first-order valence-electron chi connectivity index (χ1n) is 2.26. The lowest BCUT2D eigenvalue weighted by Crippen LogP contribution is -2.23. The van der Waals surface area contributed by atoms with E-state index in [1.807, 2.05) is 42.0 Å². The van der Waals surface area contributed by atoms with E-state index in [9.17, 15) is 0 Å². The van der Waals surface area contributed by atoms with Crippen LogP contribution < -0.4 is 4.57 Å². The van der Waals surface area contributed by atoms with Gasteiger partial charge in [0.15, 0.2) is 0 Å². The highest BCUT2D eigenvalue weighted by atomic mass is 15.1. The molecule has 0 saturated carbocycles. The average Bonchev–Trinajstić information content (AvgIpc) is 1.87. The largest absolute Gasteiger partial charge is 0.358 e. The normalized spacial score (nSPS) is 8.25. The van der Waals surface area contributed by atoms with Crippen LogP contribution in [0.1, 0.15) is 0 Å². The van der Waals surface area contributed by atoms with Gasteiger partial charge in [-0.3, -0.25) is 0 Å². The Morgan fingerprint density at radius 3 is 2.25 bits per heavy atom. The van der Waals surface area contributed by atoms with Crippen molar-refractivity contribution in [1.82, 2.24) is 4.57 Å². The summed E-state index contributed by atoms with van der Waals surface area (Å²) in [7, 11) is 4.00. The molecule has 0 N–H and O–H groups in total. The summed E-state index contributed by atoms with van der Waals surface area (Å²) in [6.07, 6.45) is 6.00. The van der Waals surface area contributed by atoms with Crippen LogP contribution in [0.15, 0.2) is 18.7 Å². The molecule has 2 heteroatoms. The zero-order chi connectivity index (χ0) is 5.28. The molecule has 0 saturated heterocycles. The summed E-state index contributed by atoms with van der Waals surface area (Å²) >= 11 is 0. The second kappa shape index (κ2) is 2.50. The zero-order valence-corrected chi connectivity index (χ0v) is 5.63. The lowest BCUT2D eigenvalue weighted by molar-refractivity contribution is -0.670. The van der Waals surface area contributed by atoms with Crippen molar-refractivity contribution in [2.75, 3.05) is 0 Å². The predicted molar refractivity (Wildman–Crippen MR) is 33.0 cm³/mol. The van der Waals surface area contributed by atoms with E-state index in [0.29, 0.717) is 0 Å². The standard InChI is InChI=1S/C5H9N2.CH3/c1-6-3-4-7(2)5-6;/h3-5H,1-2H3;1H3/q+1;-1. The summed E-state index contributed by atoms with van der Waals surface area (Å²) in [5, 5.41) is 0. The molecule has 1 heterocycles. The van der Waals surface area contributed by atoms with Crippen molar-refractivity contribution < 1.29 is 4.57 Å². The molecule has 0 aliphatic heterocycles. The minimum absolute atomic E-state index is 0. The van der Waals surface area contributed by atoms with Gasteiger partial charge in [0.05, 0.1) is 14.1 Å². The van der Waals surface area contributed by atoms with Crippen molar-refractivity contribution >= 4 is 0 Å². The smallest absolute Gasteiger partial charge is 0.243 e. The first-order valence-corrected chi connectivity index (χ1v) is 2.26. The van der Waals surface area contributed by atoms with Crippen molar-refractivity contribution in [2.45, 2.75) is 0 Å². The number of imidazole rings is 1. The maximum absolute atomic E-state index is 2.00. The summed E-state index contributed by atoms with van der Waals surface area (Å²) in [5.74, 6) is 0. The Balaban J connectivity index is 0.000000490. The van der Waals surface area contributed by atoms with E-state index in [1.54, 1.807) is 0 Å². The molecular formula is C6H12N2. The quantitative estimate of drug-likeness (QED) is 0.337. The van der Waals surface area contributed by atoms with Crippen LogP contribution in [-0.2, 0) is 14.1 Å². The fourth-order valence-corrected chi connectivity index (χ4v) is 0.575. The zero-order valence-electron chi connectivity index (χ0n) is 5.63. The fourth-order valence-electron chi connectivity index (χ4n) is 0.575. The lowest BCUT2D eigenvalue weighted by atomic mass is 10.9. The molecule has 0 aliphatic carbocycles. The van der Waals surface area contributed by atoms with E-state index in [0.717, 1.165) is 0 Å². The summed E-state index contributed by atoms with van der Waals surface area (Å²) in [4.78, 5) is 0. The van der Waals surface area contributed by atoms with E-state index >= 15 is 0 Å². The highest BCUT2D eigenvalue weighted by molar-refractivity contribution is 4.60. The van der Waals surface area contributed by atoms with E-state index in [4.69, 9.17) is 0 Å². The topological polar surface area (TPSA) is 8.81 Å². The molecule has 0 spiro atoms. The van der Waals surface area contributed by atoms with Crippen molar-refractivity contribution in [1.29, 1.82) is 0 Å². The van der Waals surface area contributed by atoms with Gasteiger partial charge in [0.25, 0.3) is 0 Å². The van der Waals surface area contributed by atoms with Crippen molar-refractivity contribution in [3.8, 4) is 0 Å². The SMILES string of the molecule is Cn1cc[n+](C)c1.[CH3-]. The highest BCUT2D eigenvalue weighted by Gasteiger charge is 1.87. The Hall–Kier alpha value is -0.790. The van der Waals surface area contributed by atoms with Crippen molar-refractivity contribution in [3.63, 3.8) is 0 Å². The van der Waals surface area contributed by atoms with Gasteiger partial charge in [-0.15, -0.1) is 0 Å². The predicted octanol–water partition coefficient (Wildman–Crippen LogP) is 0.300. The summed E-state index contributed by atoms with van der Waals surface area (Å²) in [6.45, 7) is 0. The summed E-state index contributed by atoms with van der Waals surface area (Å²) < 4.78 is 4.00. The van der Waals surface area contributed by atoms with Crippen LogP contribution in [-0.4, -0.2) is 4.57 Å². The van der Waals surface area contributed by atoms with Gasteiger partial charge in [-0.25, -0.2) is 9.13 Å². The van der Waals surface area contributed by atoms with Crippen LogP contribution in [0.25, 0.3) is 0 Å². The maximum Gasteiger partial charge on any atom is 0.243 e. The van der Waals surface area contributed by atoms with E-state index in [1.165, 1.54) is 0 Å². The second-order valence-electron chi connectivity index (χ2n) is 1.74. The third kappa shape index (κ3) is 1.37. The number of nitrogens with zero attached hydrogens (tertiary/aromatic N) is 2. The molecule has 1 aromatic rings. The Labute approximate surface area is 50.4 Å². The van der Waals surface area contributed by atoms with Gasteiger partial charge < -0.3 is 7.43 Å². The second-order valence-corrected chi connectivity index (χ2v) is 1.74. The number of hydrogen-bond donors (Lipinski definition) is 0. The molecule has 2 nitrogen and oxygen atoms in total. The first-order chi connectivity index (χ1) is 3.29. The molecule has 0 aliphatic rings. The van der Waals surface area contributed by atoms with Gasteiger partial charge in [0.2, 0.25) is 6.33 Å². The lowest BCUT2D eigenvalue weighted by Gasteiger charge is -1.72. The van der Waals surface area contributed by atoms with Crippen LogP contribution >= 0.6 is 0 Å². The summed E-state index contributed by atoms with van der Waals surface area (Å²) in [6, 6.07) is 0. The molecule has 0 amide bonds. The molecule has 0 atom stereocenters. The molecule has 0 radical (unpaired) electrons. The Morgan fingerprint density at radius 1 is 1.50 bits per heavy atom. The van der Waals surface area contributed by atoms with Gasteiger partial charge in [0.1, 0.15) is 12.4 Å². The molecule has 0 aromatic carbocycles. The monoisotopic (exact) mass is 112 g/mol. The van der Waals surface area contributed by atoms with E-state index in [-0.39, 0.29) is 7.43 Å². The van der Waals surface area contributed by atoms with Crippen LogP contribution in [0.2, 0.25) is 0 Å². The molecule has 0 fully saturated rings. The molecule has 8 heavy (non-hydrogen) atoms. The van der Waals surface area contributed by atoms with Gasteiger partial charge in [-0.05, 0) is 0 Å². The molecule has 1 rings (SSSR count). The van der Waals surface area contributed by atoms with Crippen molar-refractivity contribution in [3.05, 3.63) is 26.1 Å². The fraction of sp³-hybridized carbons (Fsp3) is 0.333. The van der Waals surface area contributed by atoms with Crippen molar-refractivity contribution in [2.24, 2.45) is 14.1 Å². The van der Waals surface area contributed by atoms with Crippen LogP contribution in [0, 0.1) is 7.43 Å². The van der Waals surface area contributed by atoms with Crippen LogP contribution in [0.5, 0.6) is 0 Å². The molecule has 46 valence electrons. The minimum atomic E-state index is 0. The Morgan fingerprint density at radius 2 is 2.12 bits per heavy atom. The molecule has 1 aromatic heterocycles. The third-order valence-corrected chi connectivity index (χ3v) is 0.901. The van der Waals surface area contributed by atoms with Gasteiger partial charge in [-0.2, -0.15) is 0 Å². The highest BCUT2D eigenvalue weighted by Crippen LogP contribution is 1.70. The molecule has 0 bridgehead atoms. The summed E-state index contributed by atoms with van der Waals surface area (Å²) in [5.41, 5.74) is 0. The van der Waals surface area contributed by atoms with Gasteiger partial charge in [0, 0.05) is 0 Å². The number of hydrogen-bond acceptors (Lipinski definition) is 0.